The summed E-state index contributed by atoms with van der Waals surface area (Å²) in [6.45, 7) is 0. The van der Waals surface area contributed by atoms with Gasteiger partial charge in [0.25, 0.3) is 0 Å². The van der Waals surface area contributed by atoms with Gasteiger partial charge in [0.1, 0.15) is 23.0 Å². The van der Waals surface area contributed by atoms with Crippen LogP contribution in [0.1, 0.15) is 47.4 Å². The number of ether oxygens (including phenoxy) is 2. The van der Waals surface area contributed by atoms with Crippen molar-refractivity contribution in [3.63, 3.8) is 0 Å². The summed E-state index contributed by atoms with van der Waals surface area (Å²) in [5.74, 6) is -0.628. The highest BCUT2D eigenvalue weighted by Gasteiger charge is 2.72. The van der Waals surface area contributed by atoms with Gasteiger partial charge in [-0.15, -0.1) is 11.3 Å². The molecule has 0 radical (unpaired) electrons. The number of hydrogen-bond donors (Lipinski definition) is 0. The summed E-state index contributed by atoms with van der Waals surface area (Å²) < 4.78 is 11.3. The smallest absolute Gasteiger partial charge is 0.195 e. The Hall–Kier alpha value is -4.20. The van der Waals surface area contributed by atoms with E-state index in [1.165, 1.54) is 18.4 Å². The van der Waals surface area contributed by atoms with Crippen molar-refractivity contribution in [3.8, 4) is 11.5 Å². The lowest BCUT2D eigenvalue weighted by atomic mass is 9.64. The molecular formula is C33H24ClNO5S. The number of benzene rings is 3. The van der Waals surface area contributed by atoms with Gasteiger partial charge in [0, 0.05) is 39.4 Å². The van der Waals surface area contributed by atoms with Crippen LogP contribution in [-0.4, -0.2) is 43.7 Å². The summed E-state index contributed by atoms with van der Waals surface area (Å²) in [6, 6.07) is 19.7. The molecule has 1 aliphatic carbocycles. The van der Waals surface area contributed by atoms with Crippen LogP contribution in [0.5, 0.6) is 11.5 Å². The first-order valence-electron chi connectivity index (χ1n) is 13.2. The molecule has 4 aromatic rings. The van der Waals surface area contributed by atoms with Crippen molar-refractivity contribution in [3.05, 3.63) is 116 Å². The van der Waals surface area contributed by atoms with E-state index in [9.17, 15) is 14.4 Å². The topological polar surface area (TPSA) is 72.9 Å². The number of fused-ring (bicyclic) bond motifs is 5. The number of ketones is 3. The number of thiophene rings is 1. The van der Waals surface area contributed by atoms with Crippen LogP contribution in [0.25, 0.3) is 6.08 Å². The third-order valence-corrected chi connectivity index (χ3v) is 9.69. The Kier molecular flexibility index (Phi) is 5.92. The van der Waals surface area contributed by atoms with Gasteiger partial charge >= 0.3 is 0 Å². The number of methoxy groups -OCH3 is 2. The molecule has 7 rings (SSSR count). The third-order valence-electron chi connectivity index (χ3n) is 8.57. The second-order valence-corrected chi connectivity index (χ2v) is 11.7. The predicted octanol–water partition coefficient (Wildman–Crippen LogP) is 6.74. The molecule has 1 spiro atoms. The number of anilines is 1. The van der Waals surface area contributed by atoms with Gasteiger partial charge in [0.15, 0.2) is 17.3 Å². The van der Waals surface area contributed by atoms with Crippen molar-refractivity contribution in [2.24, 2.45) is 5.41 Å². The lowest BCUT2D eigenvalue weighted by molar-refractivity contribution is 0.0665. The Balaban J connectivity index is 1.57. The molecular weight excluding hydrogens is 558 g/mol. The Bertz CT molecular complexity index is 1740. The molecule has 1 saturated heterocycles. The predicted molar refractivity (Wildman–Crippen MR) is 159 cm³/mol. The van der Waals surface area contributed by atoms with Crippen molar-refractivity contribution in [1.29, 1.82) is 0 Å². The zero-order chi connectivity index (χ0) is 28.5. The molecule has 2 aliphatic heterocycles. The number of carbonyl (C=O) groups excluding carboxylic acids is 3. The number of hydrogen-bond acceptors (Lipinski definition) is 7. The molecule has 8 heteroatoms. The van der Waals surface area contributed by atoms with Crippen molar-refractivity contribution in [2.45, 2.75) is 18.0 Å². The minimum Gasteiger partial charge on any atom is -0.497 e. The van der Waals surface area contributed by atoms with Crippen molar-refractivity contribution in [2.75, 3.05) is 19.1 Å². The maximum Gasteiger partial charge on any atom is 0.195 e. The quantitative estimate of drug-likeness (QED) is 0.192. The number of rotatable bonds is 5. The molecule has 3 aromatic carbocycles. The van der Waals surface area contributed by atoms with E-state index in [0.29, 0.717) is 38.1 Å². The number of halogens is 1. The molecule has 1 aromatic heterocycles. The summed E-state index contributed by atoms with van der Waals surface area (Å²) in [6.07, 6.45) is 3.78. The van der Waals surface area contributed by atoms with Crippen LogP contribution in [0.2, 0.25) is 5.02 Å². The van der Waals surface area contributed by atoms with Crippen LogP contribution in [0.3, 0.4) is 0 Å². The minimum atomic E-state index is -1.61. The van der Waals surface area contributed by atoms with E-state index in [2.05, 4.69) is 0 Å². The Labute approximate surface area is 245 Å². The van der Waals surface area contributed by atoms with E-state index in [1.807, 2.05) is 46.7 Å². The van der Waals surface area contributed by atoms with E-state index in [0.717, 1.165) is 11.3 Å². The average molecular weight is 582 g/mol. The SMILES string of the molecule is COc1ccc([C@@H]2[C@@H](C(=O)c3cccs3)N3c4ccc(Cl)cc4C=C[C@H]3C23C(=O)c2ccccc2C3=O)c(OC)c1. The summed E-state index contributed by atoms with van der Waals surface area (Å²) >= 11 is 7.70. The molecule has 0 N–H and O–H groups in total. The van der Waals surface area contributed by atoms with E-state index < -0.39 is 23.4 Å². The fourth-order valence-electron chi connectivity index (χ4n) is 6.93. The largest absolute Gasteiger partial charge is 0.497 e. The molecule has 1 fully saturated rings. The van der Waals surface area contributed by atoms with Gasteiger partial charge in [-0.3, -0.25) is 14.4 Å². The van der Waals surface area contributed by atoms with E-state index in [-0.39, 0.29) is 17.3 Å². The summed E-state index contributed by atoms with van der Waals surface area (Å²) in [4.78, 5) is 46.6. The van der Waals surface area contributed by atoms with Crippen LogP contribution in [0, 0.1) is 5.41 Å². The van der Waals surface area contributed by atoms with E-state index in [4.69, 9.17) is 21.1 Å². The Morgan fingerprint density at radius 2 is 1.68 bits per heavy atom. The first-order valence-corrected chi connectivity index (χ1v) is 14.4. The number of carbonyl (C=O) groups is 3. The highest BCUT2D eigenvalue weighted by Crippen LogP contribution is 2.62. The normalized spacial score (nSPS) is 21.5. The fraction of sp³-hybridized carbons (Fsp3) is 0.182. The molecule has 41 heavy (non-hydrogen) atoms. The van der Waals surface area contributed by atoms with Crippen LogP contribution in [-0.2, 0) is 0 Å². The van der Waals surface area contributed by atoms with Crippen LogP contribution < -0.4 is 14.4 Å². The molecule has 0 amide bonds. The molecule has 0 saturated carbocycles. The fourth-order valence-corrected chi connectivity index (χ4v) is 7.81. The second-order valence-electron chi connectivity index (χ2n) is 10.4. The molecule has 6 nitrogen and oxygen atoms in total. The lowest BCUT2D eigenvalue weighted by Crippen LogP contribution is -2.48. The first-order chi connectivity index (χ1) is 19.9. The van der Waals surface area contributed by atoms with E-state index >= 15 is 0 Å². The zero-order valence-corrected chi connectivity index (χ0v) is 23.7. The highest BCUT2D eigenvalue weighted by molar-refractivity contribution is 7.12. The third kappa shape index (κ3) is 3.46. The molecule has 0 unspecified atom stereocenters. The Morgan fingerprint density at radius 3 is 2.34 bits per heavy atom. The molecule has 3 aliphatic rings. The molecule has 3 heterocycles. The Morgan fingerprint density at radius 1 is 0.927 bits per heavy atom. The summed E-state index contributed by atoms with van der Waals surface area (Å²) in [7, 11) is 3.09. The maximum atomic E-state index is 14.7. The molecule has 0 bridgehead atoms. The molecule has 3 atom stereocenters. The molecule has 204 valence electrons. The van der Waals surface area contributed by atoms with Crippen molar-refractivity contribution < 1.29 is 23.9 Å². The van der Waals surface area contributed by atoms with Crippen LogP contribution >= 0.6 is 22.9 Å². The van der Waals surface area contributed by atoms with Gasteiger partial charge in [0.2, 0.25) is 0 Å². The van der Waals surface area contributed by atoms with Gasteiger partial charge in [-0.05, 0) is 41.3 Å². The van der Waals surface area contributed by atoms with E-state index in [1.54, 1.807) is 55.6 Å². The van der Waals surface area contributed by atoms with Crippen LogP contribution in [0.4, 0.5) is 5.69 Å². The lowest BCUT2D eigenvalue weighted by Gasteiger charge is -2.37. The standard InChI is InChI=1S/C33H24ClNO5S/c1-39-20-11-12-23(25(17-20)40-2)28-29(30(36)26-8-5-15-41-26)35-24-13-10-19(34)16-18(24)9-14-27(35)33(28)31(37)21-6-3-4-7-22(21)32(33)38/h3-17,27-29H,1-2H3/t27-,28+,29-/m0/s1. The minimum absolute atomic E-state index is 0.169. The zero-order valence-electron chi connectivity index (χ0n) is 22.2. The second kappa shape index (κ2) is 9.43. The average Bonchev–Trinajstić information content (AvgIpc) is 3.70. The van der Waals surface area contributed by atoms with Crippen molar-refractivity contribution >= 4 is 52.1 Å². The first kappa shape index (κ1) is 25.7. The van der Waals surface area contributed by atoms with Crippen LogP contribution in [0.15, 0.2) is 84.3 Å². The number of Topliss-reactive ketones (excluding diaryl/α,β-unsaturated/α-hetero) is 3. The van der Waals surface area contributed by atoms with Crippen molar-refractivity contribution in [1.82, 2.24) is 0 Å². The van der Waals surface area contributed by atoms with Gasteiger partial charge in [-0.2, -0.15) is 0 Å². The monoisotopic (exact) mass is 581 g/mol. The van der Waals surface area contributed by atoms with Gasteiger partial charge in [-0.1, -0.05) is 60.2 Å². The summed E-state index contributed by atoms with van der Waals surface area (Å²) in [5, 5.41) is 2.40. The maximum absolute atomic E-state index is 14.7. The van der Waals surface area contributed by atoms with Gasteiger partial charge < -0.3 is 14.4 Å². The van der Waals surface area contributed by atoms with Gasteiger partial charge in [-0.25, -0.2) is 0 Å². The van der Waals surface area contributed by atoms with Gasteiger partial charge in [0.05, 0.1) is 25.1 Å². The number of nitrogens with zero attached hydrogens (tertiary/aromatic N) is 1. The summed E-state index contributed by atoms with van der Waals surface area (Å²) in [5.41, 5.74) is 1.27. The highest BCUT2D eigenvalue weighted by atomic mass is 35.5.